The number of rotatable bonds is 5. The molecule has 0 saturated heterocycles. The van der Waals surface area contributed by atoms with Gasteiger partial charge in [0.15, 0.2) is 0 Å². The number of hydrogen-bond acceptors (Lipinski definition) is 3. The maximum Gasteiger partial charge on any atom is 0.408 e. The van der Waals surface area contributed by atoms with E-state index in [-0.39, 0.29) is 5.91 Å². The van der Waals surface area contributed by atoms with Crippen LogP contribution in [0.15, 0.2) is 42.8 Å². The molecule has 0 aromatic heterocycles. The molecule has 0 aliphatic carbocycles. The fourth-order valence-corrected chi connectivity index (χ4v) is 2.46. The van der Waals surface area contributed by atoms with Crippen molar-refractivity contribution in [2.45, 2.75) is 45.9 Å². The Labute approximate surface area is 156 Å². The van der Waals surface area contributed by atoms with Crippen LogP contribution < -0.4 is 5.32 Å². The zero-order valence-electron chi connectivity index (χ0n) is 14.4. The molecule has 5 nitrogen and oxygen atoms in total. The Morgan fingerprint density at radius 3 is 2.58 bits per heavy atom. The average Bonchev–Trinajstić information content (AvgIpc) is 2.46. The molecule has 24 heavy (non-hydrogen) atoms. The zero-order chi connectivity index (χ0) is 18.3. The predicted octanol–water partition coefficient (Wildman–Crippen LogP) is 3.83. The van der Waals surface area contributed by atoms with Gasteiger partial charge in [0.05, 0.1) is 6.54 Å². The molecule has 0 aliphatic rings. The van der Waals surface area contributed by atoms with Crippen LogP contribution in [-0.4, -0.2) is 28.5 Å². The highest BCUT2D eigenvalue weighted by Crippen LogP contribution is 2.15. The molecule has 0 bridgehead atoms. The van der Waals surface area contributed by atoms with Gasteiger partial charge in [-0.25, -0.2) is 4.79 Å². The third-order valence-corrected chi connectivity index (χ3v) is 3.98. The van der Waals surface area contributed by atoms with Gasteiger partial charge in [-0.1, -0.05) is 24.8 Å². The molecule has 6 heteroatoms. The van der Waals surface area contributed by atoms with Crippen LogP contribution in [0.3, 0.4) is 0 Å². The highest BCUT2D eigenvalue weighted by atomic mass is 127. The molecule has 0 unspecified atom stereocenters. The van der Waals surface area contributed by atoms with Crippen molar-refractivity contribution in [3.63, 3.8) is 0 Å². The molecule has 0 radical (unpaired) electrons. The molecule has 0 saturated carbocycles. The smallest absolute Gasteiger partial charge is 0.408 e. The van der Waals surface area contributed by atoms with E-state index in [9.17, 15) is 9.59 Å². The Hall–Kier alpha value is -1.79. The van der Waals surface area contributed by atoms with E-state index in [1.54, 1.807) is 27.7 Å². The van der Waals surface area contributed by atoms with Crippen LogP contribution in [0.1, 0.15) is 33.3 Å². The van der Waals surface area contributed by atoms with Crippen molar-refractivity contribution in [3.05, 3.63) is 51.9 Å². The number of benzene rings is 1. The minimum absolute atomic E-state index is 0.267. The number of carbonyl (C=O) groups excluding carboxylic acids is 2. The SMILES string of the molecule is C=C=CN(Cc1ccccc1I)C(=O)[C@H](C)NC(=O)OC(C)(C)C. The summed E-state index contributed by atoms with van der Waals surface area (Å²) in [6.07, 6.45) is 0.860. The average molecular weight is 442 g/mol. The highest BCUT2D eigenvalue weighted by Gasteiger charge is 2.24. The van der Waals surface area contributed by atoms with Crippen LogP contribution >= 0.6 is 22.6 Å². The second-order valence-corrected chi connectivity index (χ2v) is 7.42. The van der Waals surface area contributed by atoms with E-state index in [0.717, 1.165) is 9.13 Å². The first kappa shape index (κ1) is 20.3. The monoisotopic (exact) mass is 442 g/mol. The van der Waals surface area contributed by atoms with Crippen molar-refractivity contribution in [3.8, 4) is 0 Å². The zero-order valence-corrected chi connectivity index (χ0v) is 16.6. The van der Waals surface area contributed by atoms with E-state index >= 15 is 0 Å². The number of alkyl carbamates (subject to hydrolysis) is 1. The van der Waals surface area contributed by atoms with Crippen molar-refractivity contribution in [2.24, 2.45) is 0 Å². The Bertz CT molecular complexity index is 646. The normalized spacial score (nSPS) is 11.9. The maximum atomic E-state index is 12.6. The number of nitrogens with one attached hydrogen (secondary N) is 1. The predicted molar refractivity (Wildman–Crippen MR) is 102 cm³/mol. The molecule has 1 aromatic carbocycles. The van der Waals surface area contributed by atoms with E-state index in [2.05, 4.69) is 40.2 Å². The van der Waals surface area contributed by atoms with Gasteiger partial charge in [-0.3, -0.25) is 4.79 Å². The Kier molecular flexibility index (Phi) is 7.51. The van der Waals surface area contributed by atoms with Gasteiger partial charge in [0.25, 0.3) is 0 Å². The quantitative estimate of drug-likeness (QED) is 0.557. The molecule has 0 fully saturated rings. The van der Waals surface area contributed by atoms with Gasteiger partial charge >= 0.3 is 6.09 Å². The number of nitrogens with zero attached hydrogens (tertiary/aromatic N) is 1. The second-order valence-electron chi connectivity index (χ2n) is 6.26. The second kappa shape index (κ2) is 8.89. The van der Waals surface area contributed by atoms with Gasteiger partial charge in [-0.15, -0.1) is 5.73 Å². The summed E-state index contributed by atoms with van der Waals surface area (Å²) in [7, 11) is 0. The lowest BCUT2D eigenvalue weighted by molar-refractivity contribution is -0.130. The minimum Gasteiger partial charge on any atom is -0.444 e. The number of carbonyl (C=O) groups is 2. The van der Waals surface area contributed by atoms with E-state index in [4.69, 9.17) is 4.74 Å². The number of ether oxygens (including phenoxy) is 1. The largest absolute Gasteiger partial charge is 0.444 e. The van der Waals surface area contributed by atoms with Crippen LogP contribution in [0.5, 0.6) is 0 Å². The van der Waals surface area contributed by atoms with Crippen molar-refractivity contribution in [1.82, 2.24) is 10.2 Å². The molecule has 0 spiro atoms. The first-order valence-corrected chi connectivity index (χ1v) is 8.61. The lowest BCUT2D eigenvalue weighted by atomic mass is 10.2. The summed E-state index contributed by atoms with van der Waals surface area (Å²) >= 11 is 2.22. The summed E-state index contributed by atoms with van der Waals surface area (Å²) in [5, 5.41) is 2.55. The molecule has 1 atom stereocenters. The van der Waals surface area contributed by atoms with Gasteiger partial charge in [0, 0.05) is 9.77 Å². The number of halogens is 1. The molecule has 0 heterocycles. The molecule has 0 aliphatic heterocycles. The number of hydrogen-bond donors (Lipinski definition) is 1. The maximum absolute atomic E-state index is 12.6. The van der Waals surface area contributed by atoms with Gasteiger partial charge in [-0.2, -0.15) is 0 Å². The Morgan fingerprint density at radius 2 is 2.04 bits per heavy atom. The molecular weight excluding hydrogens is 419 g/mol. The Balaban J connectivity index is 2.81. The van der Waals surface area contributed by atoms with Crippen LogP contribution in [0.25, 0.3) is 0 Å². The van der Waals surface area contributed by atoms with Crippen molar-refractivity contribution in [2.75, 3.05) is 0 Å². The van der Waals surface area contributed by atoms with Crippen molar-refractivity contribution < 1.29 is 14.3 Å². The fourth-order valence-electron chi connectivity index (χ4n) is 1.90. The third kappa shape index (κ3) is 6.76. The first-order chi connectivity index (χ1) is 11.1. The standard InChI is InChI=1S/C18H23IN2O3/c1-6-11-21(12-14-9-7-8-10-15(14)19)16(22)13(2)20-17(23)24-18(3,4)5/h7-11,13H,1,12H2,2-5H3,(H,20,23)/t13-/m0/s1. The lowest BCUT2D eigenvalue weighted by Crippen LogP contribution is -2.46. The van der Waals surface area contributed by atoms with Crippen LogP contribution in [0, 0.1) is 3.57 Å². The van der Waals surface area contributed by atoms with Gasteiger partial charge in [0.1, 0.15) is 11.6 Å². The van der Waals surface area contributed by atoms with Crippen LogP contribution in [-0.2, 0) is 16.1 Å². The summed E-state index contributed by atoms with van der Waals surface area (Å²) in [6, 6.07) is 7.04. The van der Waals surface area contributed by atoms with E-state index in [0.29, 0.717) is 6.54 Å². The van der Waals surface area contributed by atoms with Gasteiger partial charge in [-0.05, 0) is 61.9 Å². The number of amides is 2. The fraction of sp³-hybridized carbons (Fsp3) is 0.389. The third-order valence-electron chi connectivity index (χ3n) is 2.93. The summed E-state index contributed by atoms with van der Waals surface area (Å²) in [6.45, 7) is 10.8. The summed E-state index contributed by atoms with van der Waals surface area (Å²) in [4.78, 5) is 25.9. The first-order valence-electron chi connectivity index (χ1n) is 7.53. The van der Waals surface area contributed by atoms with Crippen LogP contribution in [0.2, 0.25) is 0 Å². The van der Waals surface area contributed by atoms with Crippen molar-refractivity contribution >= 4 is 34.6 Å². The summed E-state index contributed by atoms with van der Waals surface area (Å²) < 4.78 is 6.23. The van der Waals surface area contributed by atoms with E-state index in [1.807, 2.05) is 24.3 Å². The van der Waals surface area contributed by atoms with Crippen LogP contribution in [0.4, 0.5) is 4.79 Å². The van der Waals surface area contributed by atoms with Crippen molar-refractivity contribution in [1.29, 1.82) is 0 Å². The molecule has 2 amide bonds. The Morgan fingerprint density at radius 1 is 1.42 bits per heavy atom. The molecular formula is C18H23IN2O3. The van der Waals surface area contributed by atoms with E-state index < -0.39 is 17.7 Å². The molecule has 1 N–H and O–H groups in total. The van der Waals surface area contributed by atoms with Gasteiger partial charge in [0.2, 0.25) is 5.91 Å². The summed E-state index contributed by atoms with van der Waals surface area (Å²) in [5.74, 6) is -0.267. The molecule has 130 valence electrons. The van der Waals surface area contributed by atoms with Gasteiger partial charge < -0.3 is 15.0 Å². The summed E-state index contributed by atoms with van der Waals surface area (Å²) in [5.41, 5.74) is 3.00. The lowest BCUT2D eigenvalue weighted by Gasteiger charge is -2.25. The molecule has 1 aromatic rings. The molecule has 1 rings (SSSR count). The topological polar surface area (TPSA) is 58.6 Å². The minimum atomic E-state index is -0.731. The van der Waals surface area contributed by atoms with E-state index in [1.165, 1.54) is 11.1 Å². The highest BCUT2D eigenvalue weighted by molar-refractivity contribution is 14.1.